The third kappa shape index (κ3) is 3.98. The van der Waals surface area contributed by atoms with Gasteiger partial charge in [-0.05, 0) is 61.2 Å². The number of nitrogens with zero attached hydrogens (tertiary/aromatic N) is 2. The molecule has 1 saturated carbocycles. The van der Waals surface area contributed by atoms with Gasteiger partial charge in [0.25, 0.3) is 5.91 Å². The van der Waals surface area contributed by atoms with E-state index in [2.05, 4.69) is 15.3 Å². The number of amides is 1. The molecule has 1 aliphatic carbocycles. The number of aliphatic hydroxyl groups is 1. The molecule has 14 heteroatoms. The fourth-order valence-electron chi connectivity index (χ4n) is 5.72. The largest absolute Gasteiger partial charge is 0.496 e. The Morgan fingerprint density at radius 3 is 2.59 bits per heavy atom. The normalized spacial score (nSPS) is 22.3. The van der Waals surface area contributed by atoms with E-state index in [1.165, 1.54) is 24.3 Å². The second kappa shape index (κ2) is 8.62. The van der Waals surface area contributed by atoms with Crippen LogP contribution in [0.5, 0.6) is 5.75 Å². The zero-order chi connectivity index (χ0) is 28.9. The molecule has 1 saturated heterocycles. The number of thiazole rings is 1. The maximum absolute atomic E-state index is 14.6. The van der Waals surface area contributed by atoms with Gasteiger partial charge in [-0.2, -0.15) is 13.2 Å². The average Bonchev–Trinajstić information content (AvgIpc) is 3.84. The van der Waals surface area contributed by atoms with Crippen LogP contribution in [0.1, 0.15) is 34.5 Å². The predicted octanol–water partition coefficient (Wildman–Crippen LogP) is 4.17. The number of hydrogen-bond donors (Lipinski definition) is 3. The number of fused-ring (bicyclic) bond motifs is 4. The maximum atomic E-state index is 14.6. The summed E-state index contributed by atoms with van der Waals surface area (Å²) < 4.78 is 77.3. The van der Waals surface area contributed by atoms with E-state index in [0.717, 1.165) is 29.5 Å². The van der Waals surface area contributed by atoms with Crippen LogP contribution in [0.15, 0.2) is 42.5 Å². The quantitative estimate of drug-likeness (QED) is 0.231. The zero-order valence-corrected chi connectivity index (χ0v) is 21.9. The first kappa shape index (κ1) is 26.1. The van der Waals surface area contributed by atoms with Crippen molar-refractivity contribution >= 4 is 39.9 Å². The lowest BCUT2D eigenvalue weighted by Gasteiger charge is -2.30. The van der Waals surface area contributed by atoms with E-state index in [-0.39, 0.29) is 52.7 Å². The van der Waals surface area contributed by atoms with Crippen LogP contribution in [0.4, 0.5) is 27.1 Å². The lowest BCUT2D eigenvalue weighted by Crippen LogP contribution is -2.43. The van der Waals surface area contributed by atoms with Crippen LogP contribution < -0.4 is 15.8 Å². The summed E-state index contributed by atoms with van der Waals surface area (Å²) in [6.45, 7) is -0.390. The Balaban J connectivity index is 1.28. The van der Waals surface area contributed by atoms with E-state index >= 15 is 0 Å². The van der Waals surface area contributed by atoms with Crippen molar-refractivity contribution in [2.45, 2.75) is 35.9 Å². The molecular formula is C27H20BF5N4O3S. The number of rotatable bonds is 6. The fourth-order valence-corrected chi connectivity index (χ4v) is 6.51. The van der Waals surface area contributed by atoms with Gasteiger partial charge >= 0.3 is 6.18 Å². The maximum Gasteiger partial charge on any atom is 0.394 e. The number of halogens is 5. The summed E-state index contributed by atoms with van der Waals surface area (Å²) in [5, 5.41) is 12.4. The average molecular weight is 586 g/mol. The number of nitrogen functional groups attached to an aromatic ring is 1. The van der Waals surface area contributed by atoms with E-state index in [1.807, 2.05) is 0 Å². The van der Waals surface area contributed by atoms with Gasteiger partial charge in [0.1, 0.15) is 28.4 Å². The molecule has 7 nitrogen and oxygen atoms in total. The number of aromatic nitrogens is 2. The minimum Gasteiger partial charge on any atom is -0.496 e. The third-order valence-corrected chi connectivity index (χ3v) is 9.01. The van der Waals surface area contributed by atoms with E-state index in [0.29, 0.717) is 23.1 Å². The smallest absolute Gasteiger partial charge is 0.394 e. The number of hydrogen-bond acceptors (Lipinski definition) is 7. The highest BCUT2D eigenvalue weighted by atomic mass is 32.1. The highest BCUT2D eigenvalue weighted by Crippen LogP contribution is 2.63. The molecule has 1 amide bonds. The van der Waals surface area contributed by atoms with Gasteiger partial charge < -0.3 is 20.9 Å². The second-order valence-corrected chi connectivity index (χ2v) is 11.8. The van der Waals surface area contributed by atoms with Crippen molar-refractivity contribution in [2.75, 3.05) is 12.3 Å². The predicted molar refractivity (Wildman–Crippen MR) is 142 cm³/mol. The Bertz CT molecular complexity index is 1750. The summed E-state index contributed by atoms with van der Waals surface area (Å²) in [6, 6.07) is 7.61. The van der Waals surface area contributed by atoms with Crippen LogP contribution in [0.3, 0.4) is 0 Å². The molecule has 4 aromatic rings. The molecule has 0 spiro atoms. The minimum atomic E-state index is -4.61. The molecule has 0 radical (unpaired) electrons. The number of anilines is 1. The Morgan fingerprint density at radius 2 is 1.90 bits per heavy atom. The Labute approximate surface area is 233 Å². The van der Waals surface area contributed by atoms with Gasteiger partial charge in [-0.3, -0.25) is 4.79 Å². The van der Waals surface area contributed by atoms with Gasteiger partial charge in [-0.25, -0.2) is 18.7 Å². The fraction of sp³-hybridized carbons (Fsp3) is 0.296. The number of pyridine rings is 1. The Kier molecular flexibility index (Phi) is 5.49. The van der Waals surface area contributed by atoms with Crippen LogP contribution in [0.2, 0.25) is 0 Å². The number of carbonyl (C=O) groups excluding carboxylic acids is 1. The lowest BCUT2D eigenvalue weighted by molar-refractivity contribution is -0.156. The summed E-state index contributed by atoms with van der Waals surface area (Å²) in [6.07, 6.45) is -3.50. The van der Waals surface area contributed by atoms with Crippen LogP contribution in [-0.4, -0.2) is 47.0 Å². The van der Waals surface area contributed by atoms with Gasteiger partial charge in [-0.1, -0.05) is 11.3 Å². The summed E-state index contributed by atoms with van der Waals surface area (Å²) in [7, 11) is -0.259. The number of ether oxygens (including phenoxy) is 1. The third-order valence-electron chi connectivity index (χ3n) is 8.18. The van der Waals surface area contributed by atoms with Crippen LogP contribution >= 0.6 is 11.3 Å². The topological polar surface area (TPSA) is 110 Å². The Hall–Kier alpha value is -3.78. The molecule has 2 aromatic heterocycles. The molecule has 1 unspecified atom stereocenters. The van der Waals surface area contributed by atoms with E-state index in [4.69, 9.17) is 10.5 Å². The van der Waals surface area contributed by atoms with E-state index in [9.17, 15) is 31.9 Å². The molecule has 4 heterocycles. The van der Waals surface area contributed by atoms with Gasteiger partial charge in [0.2, 0.25) is 7.28 Å². The van der Waals surface area contributed by atoms with Crippen molar-refractivity contribution < 1.29 is 36.6 Å². The van der Waals surface area contributed by atoms with Crippen LogP contribution in [0.25, 0.3) is 21.5 Å². The molecule has 3 atom stereocenters. The van der Waals surface area contributed by atoms with Crippen molar-refractivity contribution in [1.29, 1.82) is 0 Å². The number of alkyl halides is 3. The number of carbonyl (C=O) groups is 1. The van der Waals surface area contributed by atoms with Crippen molar-refractivity contribution in [1.82, 2.24) is 15.3 Å². The number of nitrogens with one attached hydrogen (secondary N) is 1. The Morgan fingerprint density at radius 1 is 1.17 bits per heavy atom. The van der Waals surface area contributed by atoms with Crippen molar-refractivity contribution in [3.63, 3.8) is 0 Å². The van der Waals surface area contributed by atoms with Gasteiger partial charge in [0, 0.05) is 16.7 Å². The monoisotopic (exact) mass is 586 g/mol. The molecule has 2 fully saturated rings. The first-order chi connectivity index (χ1) is 19.4. The highest BCUT2D eigenvalue weighted by molar-refractivity contribution is 7.22. The van der Waals surface area contributed by atoms with Crippen LogP contribution in [-0.2, 0) is 10.9 Å². The second-order valence-electron chi connectivity index (χ2n) is 10.8. The molecule has 2 aromatic carbocycles. The number of benzene rings is 2. The van der Waals surface area contributed by atoms with E-state index < -0.39 is 46.6 Å². The molecule has 0 bridgehead atoms. The first-order valence-electron chi connectivity index (χ1n) is 12.8. The van der Waals surface area contributed by atoms with E-state index in [1.54, 1.807) is 0 Å². The highest BCUT2D eigenvalue weighted by Gasteiger charge is 2.78. The van der Waals surface area contributed by atoms with Crippen molar-refractivity contribution in [3.8, 4) is 17.0 Å². The number of nitrogens with two attached hydrogens (primary N) is 1. The first-order valence-corrected chi connectivity index (χ1v) is 13.6. The standard InChI is InChI=1S/C27H20BF5N4O3S/c29-14-5-1-11(2-6-14)19-21-15(26(27(31,32)33)23(28-26)40-21)9-18(36-19)25(39,13-3-4-13)10-35-22(38)12-7-16(30)20-17(8-12)41-24(34)37-20/h1-2,5-9,13,23,28,39H,3-4,10H2,(H2,34,37)(H,35,38)/t23-,25?,26-/m0/s1. The van der Waals surface area contributed by atoms with Crippen molar-refractivity contribution in [2.24, 2.45) is 5.92 Å². The van der Waals surface area contributed by atoms with Gasteiger partial charge in [-0.15, -0.1) is 0 Å². The zero-order valence-electron chi connectivity index (χ0n) is 21.1. The molecule has 41 heavy (non-hydrogen) atoms. The molecule has 2 aliphatic heterocycles. The molecular weight excluding hydrogens is 566 g/mol. The van der Waals surface area contributed by atoms with Gasteiger partial charge in [0.05, 0.1) is 28.3 Å². The minimum absolute atomic E-state index is 0.0315. The SMILES string of the molecule is Nc1nc2c(F)cc(C(=O)NCC(O)(c3cc4c(c(-c5ccc(F)cc5)n3)O[C@@H]3B[C@@]43C(F)(F)F)C3CC3)cc2s1. The molecule has 7 rings (SSSR count). The molecule has 3 aliphatic rings. The summed E-state index contributed by atoms with van der Waals surface area (Å²) in [5.41, 5.74) is 3.99. The summed E-state index contributed by atoms with van der Waals surface area (Å²) >= 11 is 1.01. The van der Waals surface area contributed by atoms with Gasteiger partial charge in [0.15, 0.2) is 10.9 Å². The summed E-state index contributed by atoms with van der Waals surface area (Å²) in [4.78, 5) is 21.5. The lowest BCUT2D eigenvalue weighted by atomic mass is 9.78. The summed E-state index contributed by atoms with van der Waals surface area (Å²) in [5.74, 6) is -2.42. The van der Waals surface area contributed by atoms with Crippen LogP contribution in [0, 0.1) is 17.6 Å². The molecule has 210 valence electrons. The molecule has 4 N–H and O–H groups in total. The van der Waals surface area contributed by atoms with Crippen molar-refractivity contribution in [3.05, 3.63) is 70.9 Å².